The molecule has 0 saturated carbocycles. The number of nitrogen functional groups attached to an aromatic ring is 1. The maximum absolute atomic E-state index is 11.6. The number of hydrogen-bond acceptors (Lipinski definition) is 4. The number of hydrogen-bond donors (Lipinski definition) is 3. The van der Waals surface area contributed by atoms with E-state index >= 15 is 0 Å². The average Bonchev–Trinajstić information content (AvgIpc) is 2.62. The Morgan fingerprint density at radius 1 is 1.39 bits per heavy atom. The molecular formula is C11H19N5O2. The van der Waals surface area contributed by atoms with Gasteiger partial charge in [-0.2, -0.15) is 5.10 Å². The summed E-state index contributed by atoms with van der Waals surface area (Å²) < 4.78 is 1.41. The smallest absolute Gasteiger partial charge is 0.242 e. The number of anilines is 1. The molecule has 0 aliphatic carbocycles. The zero-order valence-corrected chi connectivity index (χ0v) is 10.8. The molecule has 18 heavy (non-hydrogen) atoms. The Hall–Kier alpha value is -2.05. The highest BCUT2D eigenvalue weighted by Gasteiger charge is 2.16. The van der Waals surface area contributed by atoms with E-state index in [1.165, 1.54) is 4.68 Å². The molecule has 7 heteroatoms. The largest absolute Gasteiger partial charge is 0.382 e. The second kappa shape index (κ2) is 6.04. The van der Waals surface area contributed by atoms with Crippen LogP contribution in [0.4, 0.5) is 5.82 Å². The lowest BCUT2D eigenvalue weighted by Crippen LogP contribution is -2.47. The second-order valence-electron chi connectivity index (χ2n) is 4.39. The summed E-state index contributed by atoms with van der Waals surface area (Å²) >= 11 is 0. The van der Waals surface area contributed by atoms with Gasteiger partial charge >= 0.3 is 0 Å². The van der Waals surface area contributed by atoms with E-state index in [0.29, 0.717) is 5.82 Å². The van der Waals surface area contributed by atoms with Crippen molar-refractivity contribution in [2.45, 2.75) is 39.4 Å². The number of amides is 2. The van der Waals surface area contributed by atoms with Crippen LogP contribution < -0.4 is 16.4 Å². The van der Waals surface area contributed by atoms with Crippen LogP contribution in [0, 0.1) is 0 Å². The first-order valence-corrected chi connectivity index (χ1v) is 5.77. The number of nitrogens with two attached hydrogens (primary N) is 1. The van der Waals surface area contributed by atoms with Crippen molar-refractivity contribution in [1.29, 1.82) is 0 Å². The van der Waals surface area contributed by atoms with Crippen LogP contribution in [0.5, 0.6) is 0 Å². The van der Waals surface area contributed by atoms with Gasteiger partial charge in [0.25, 0.3) is 0 Å². The van der Waals surface area contributed by atoms with Gasteiger partial charge in [-0.1, -0.05) is 0 Å². The Morgan fingerprint density at radius 2 is 2.06 bits per heavy atom. The molecule has 7 nitrogen and oxygen atoms in total. The molecule has 1 atom stereocenters. The first kappa shape index (κ1) is 14.0. The van der Waals surface area contributed by atoms with Gasteiger partial charge in [0.15, 0.2) is 0 Å². The van der Waals surface area contributed by atoms with Gasteiger partial charge in [-0.05, 0) is 26.8 Å². The molecule has 0 spiro atoms. The third-order valence-electron chi connectivity index (χ3n) is 2.17. The van der Waals surface area contributed by atoms with Gasteiger partial charge in [-0.15, -0.1) is 0 Å². The van der Waals surface area contributed by atoms with Crippen molar-refractivity contribution >= 4 is 17.6 Å². The van der Waals surface area contributed by atoms with Crippen molar-refractivity contribution in [1.82, 2.24) is 20.4 Å². The van der Waals surface area contributed by atoms with Gasteiger partial charge in [-0.3, -0.25) is 14.3 Å². The van der Waals surface area contributed by atoms with Gasteiger partial charge in [0.05, 0.1) is 0 Å². The van der Waals surface area contributed by atoms with Crippen molar-refractivity contribution in [2.24, 2.45) is 0 Å². The highest BCUT2D eigenvalue weighted by Crippen LogP contribution is 1.95. The van der Waals surface area contributed by atoms with E-state index in [1.807, 2.05) is 13.8 Å². The molecule has 0 bridgehead atoms. The van der Waals surface area contributed by atoms with Crippen LogP contribution in [0.15, 0.2) is 12.3 Å². The molecule has 0 aliphatic rings. The number of carbonyl (C=O) groups is 2. The van der Waals surface area contributed by atoms with E-state index in [0.717, 1.165) is 0 Å². The fourth-order valence-electron chi connectivity index (χ4n) is 1.37. The quantitative estimate of drug-likeness (QED) is 0.658. The second-order valence-corrected chi connectivity index (χ2v) is 4.39. The minimum Gasteiger partial charge on any atom is -0.382 e. The Balaban J connectivity index is 2.42. The Bertz CT molecular complexity index is 427. The van der Waals surface area contributed by atoms with E-state index in [2.05, 4.69) is 15.7 Å². The van der Waals surface area contributed by atoms with Crippen molar-refractivity contribution in [2.75, 3.05) is 5.73 Å². The fourth-order valence-corrected chi connectivity index (χ4v) is 1.37. The summed E-state index contributed by atoms with van der Waals surface area (Å²) in [6.07, 6.45) is 1.60. The lowest BCUT2D eigenvalue weighted by atomic mass is 10.3. The lowest BCUT2D eigenvalue weighted by Gasteiger charge is -2.15. The van der Waals surface area contributed by atoms with Crippen LogP contribution in [0.2, 0.25) is 0 Å². The first-order valence-electron chi connectivity index (χ1n) is 5.77. The summed E-state index contributed by atoms with van der Waals surface area (Å²) in [5, 5.41) is 9.19. The Labute approximate surface area is 106 Å². The standard InChI is InChI=1S/C11H19N5O2/c1-7(2)13-11(18)8(3)14-10(17)6-16-5-4-9(12)15-16/h4-5,7-8H,6H2,1-3H3,(H2,12,15)(H,13,18)(H,14,17). The van der Waals surface area contributed by atoms with Gasteiger partial charge in [0.1, 0.15) is 18.4 Å². The molecular weight excluding hydrogens is 234 g/mol. The normalized spacial score (nSPS) is 12.2. The molecule has 0 aliphatic heterocycles. The summed E-state index contributed by atoms with van der Waals surface area (Å²) in [7, 11) is 0. The molecule has 1 unspecified atom stereocenters. The molecule has 0 fully saturated rings. The van der Waals surface area contributed by atoms with Crippen LogP contribution in [0.3, 0.4) is 0 Å². The maximum Gasteiger partial charge on any atom is 0.242 e. The molecule has 1 aromatic rings. The van der Waals surface area contributed by atoms with Crippen molar-refractivity contribution < 1.29 is 9.59 Å². The SMILES string of the molecule is CC(C)NC(=O)C(C)NC(=O)Cn1ccc(N)n1. The molecule has 1 heterocycles. The number of carbonyl (C=O) groups excluding carboxylic acids is 2. The molecule has 2 amide bonds. The highest BCUT2D eigenvalue weighted by molar-refractivity contribution is 5.87. The highest BCUT2D eigenvalue weighted by atomic mass is 16.2. The predicted octanol–water partition coefficient (Wildman–Crippen LogP) is -0.505. The van der Waals surface area contributed by atoms with Crippen molar-refractivity contribution in [3.05, 3.63) is 12.3 Å². The van der Waals surface area contributed by atoms with Crippen LogP contribution >= 0.6 is 0 Å². The van der Waals surface area contributed by atoms with Gasteiger partial charge in [0, 0.05) is 12.2 Å². The van der Waals surface area contributed by atoms with Crippen LogP contribution in [-0.4, -0.2) is 33.7 Å². The zero-order valence-electron chi connectivity index (χ0n) is 10.8. The van der Waals surface area contributed by atoms with E-state index < -0.39 is 6.04 Å². The first-order chi connectivity index (χ1) is 8.38. The maximum atomic E-state index is 11.6. The number of nitrogens with one attached hydrogen (secondary N) is 2. The summed E-state index contributed by atoms with van der Waals surface area (Å²) in [5.41, 5.74) is 5.43. The van der Waals surface area contributed by atoms with E-state index in [4.69, 9.17) is 5.73 Å². The third kappa shape index (κ3) is 4.44. The topological polar surface area (TPSA) is 102 Å². The summed E-state index contributed by atoms with van der Waals surface area (Å²) in [5.74, 6) is -0.142. The Morgan fingerprint density at radius 3 is 2.56 bits per heavy atom. The minimum absolute atomic E-state index is 0.0382. The van der Waals surface area contributed by atoms with Crippen LogP contribution in [0.25, 0.3) is 0 Å². The molecule has 100 valence electrons. The summed E-state index contributed by atoms with van der Waals surface area (Å²) in [6, 6.07) is 1.07. The van der Waals surface area contributed by atoms with Crippen LogP contribution in [-0.2, 0) is 16.1 Å². The van der Waals surface area contributed by atoms with Crippen molar-refractivity contribution in [3.63, 3.8) is 0 Å². The number of rotatable bonds is 5. The molecule has 0 radical (unpaired) electrons. The fraction of sp³-hybridized carbons (Fsp3) is 0.545. The van der Waals surface area contributed by atoms with Gasteiger partial charge in [-0.25, -0.2) is 0 Å². The molecule has 0 saturated heterocycles. The molecule has 1 aromatic heterocycles. The zero-order chi connectivity index (χ0) is 13.7. The van der Waals surface area contributed by atoms with Crippen molar-refractivity contribution in [3.8, 4) is 0 Å². The van der Waals surface area contributed by atoms with Gasteiger partial charge in [0.2, 0.25) is 11.8 Å². The summed E-state index contributed by atoms with van der Waals surface area (Å²) in [4.78, 5) is 23.2. The van der Waals surface area contributed by atoms with E-state index in [1.54, 1.807) is 19.2 Å². The Kier molecular flexibility index (Phi) is 4.70. The lowest BCUT2D eigenvalue weighted by molar-refractivity contribution is -0.129. The monoisotopic (exact) mass is 253 g/mol. The molecule has 0 aromatic carbocycles. The van der Waals surface area contributed by atoms with Gasteiger partial charge < -0.3 is 16.4 Å². The van der Waals surface area contributed by atoms with E-state index in [-0.39, 0.29) is 24.4 Å². The minimum atomic E-state index is -0.576. The number of nitrogens with zero attached hydrogens (tertiary/aromatic N) is 2. The summed E-state index contributed by atoms with van der Waals surface area (Å²) in [6.45, 7) is 5.39. The van der Waals surface area contributed by atoms with E-state index in [9.17, 15) is 9.59 Å². The third-order valence-corrected chi connectivity index (χ3v) is 2.17. The van der Waals surface area contributed by atoms with Crippen LogP contribution in [0.1, 0.15) is 20.8 Å². The number of aromatic nitrogens is 2. The molecule has 4 N–H and O–H groups in total. The molecule has 1 rings (SSSR count). The predicted molar refractivity (Wildman–Crippen MR) is 67.5 cm³/mol. The average molecular weight is 253 g/mol.